The molecule has 0 saturated heterocycles. The fraction of sp³-hybridized carbons (Fsp3) is 0.200. The second-order valence-corrected chi connectivity index (χ2v) is 5.67. The zero-order valence-electron chi connectivity index (χ0n) is 14.4. The lowest BCUT2D eigenvalue weighted by atomic mass is 10.1. The molecule has 0 amide bonds. The van der Waals surface area contributed by atoms with Crippen LogP contribution in [0.5, 0.6) is 11.5 Å². The van der Waals surface area contributed by atoms with Crippen molar-refractivity contribution in [3.05, 3.63) is 69.6 Å². The molecule has 0 aliphatic heterocycles. The van der Waals surface area contributed by atoms with Crippen LogP contribution in [0, 0.1) is 6.92 Å². The van der Waals surface area contributed by atoms with Crippen LogP contribution in [0.15, 0.2) is 51.7 Å². The number of benzene rings is 2. The molecule has 0 unspecified atom stereocenters. The number of ether oxygens (including phenoxy) is 2. The van der Waals surface area contributed by atoms with Crippen molar-refractivity contribution in [1.29, 1.82) is 0 Å². The van der Waals surface area contributed by atoms with Gasteiger partial charge in [0.1, 0.15) is 17.9 Å². The Morgan fingerprint density at radius 1 is 1.15 bits per heavy atom. The zero-order valence-corrected chi connectivity index (χ0v) is 14.4. The number of rotatable bonds is 5. The minimum Gasteiger partial charge on any atom is -0.508 e. The Morgan fingerprint density at radius 2 is 1.88 bits per heavy atom. The standard InChI is InChI=1S/C20H18O6/c1-3-24-19(22)16-18(25-11-13-7-5-4-6-8-13)14-9-10-15(21)12(2)17(14)26-20(16)23/h4-10,21H,3,11H2,1-2H3. The summed E-state index contributed by atoms with van der Waals surface area (Å²) in [6.07, 6.45) is 0. The largest absolute Gasteiger partial charge is 0.508 e. The molecule has 26 heavy (non-hydrogen) atoms. The number of carbonyl (C=O) groups excluding carboxylic acids is 1. The SMILES string of the molecule is CCOC(=O)c1c(OCc2ccccc2)c2ccc(O)c(C)c2oc1=O. The van der Waals surface area contributed by atoms with Crippen molar-refractivity contribution >= 4 is 16.9 Å². The van der Waals surface area contributed by atoms with E-state index in [0.29, 0.717) is 10.9 Å². The molecule has 0 aliphatic carbocycles. The number of hydrogen-bond acceptors (Lipinski definition) is 6. The zero-order chi connectivity index (χ0) is 18.7. The normalized spacial score (nSPS) is 10.7. The third kappa shape index (κ3) is 3.26. The summed E-state index contributed by atoms with van der Waals surface area (Å²) in [5, 5.41) is 10.3. The average molecular weight is 354 g/mol. The van der Waals surface area contributed by atoms with Gasteiger partial charge >= 0.3 is 11.6 Å². The molecule has 134 valence electrons. The molecule has 3 aromatic rings. The Balaban J connectivity index is 2.17. The lowest BCUT2D eigenvalue weighted by molar-refractivity contribution is 0.0516. The molecule has 0 saturated carbocycles. The first-order valence-corrected chi connectivity index (χ1v) is 8.16. The van der Waals surface area contributed by atoms with Crippen molar-refractivity contribution in [1.82, 2.24) is 0 Å². The molecule has 1 aromatic heterocycles. The summed E-state index contributed by atoms with van der Waals surface area (Å²) in [4.78, 5) is 24.7. The summed E-state index contributed by atoms with van der Waals surface area (Å²) in [5.74, 6) is -0.739. The van der Waals surface area contributed by atoms with E-state index in [4.69, 9.17) is 13.9 Å². The smallest absolute Gasteiger partial charge is 0.354 e. The van der Waals surface area contributed by atoms with Crippen molar-refractivity contribution in [3.63, 3.8) is 0 Å². The Hall–Kier alpha value is -3.28. The third-order valence-corrected chi connectivity index (χ3v) is 3.95. The van der Waals surface area contributed by atoms with Gasteiger partial charge in [-0.3, -0.25) is 0 Å². The Kier molecular flexibility index (Phi) is 4.93. The van der Waals surface area contributed by atoms with E-state index < -0.39 is 11.6 Å². The highest BCUT2D eigenvalue weighted by Crippen LogP contribution is 2.34. The van der Waals surface area contributed by atoms with E-state index in [0.717, 1.165) is 5.56 Å². The number of aryl methyl sites for hydroxylation is 1. The molecule has 0 aliphatic rings. The monoisotopic (exact) mass is 354 g/mol. The summed E-state index contributed by atoms with van der Waals surface area (Å²) >= 11 is 0. The number of fused-ring (bicyclic) bond motifs is 1. The molecular formula is C20H18O6. The summed E-state index contributed by atoms with van der Waals surface area (Å²) in [5.41, 5.74) is 0.276. The second-order valence-electron chi connectivity index (χ2n) is 5.67. The van der Waals surface area contributed by atoms with Gasteiger partial charge in [0.25, 0.3) is 0 Å². The van der Waals surface area contributed by atoms with Crippen LogP contribution in [0.3, 0.4) is 0 Å². The van der Waals surface area contributed by atoms with Crippen LogP contribution in [0.2, 0.25) is 0 Å². The predicted octanol–water partition coefficient (Wildman–Crippen LogP) is 3.56. The maximum Gasteiger partial charge on any atom is 0.354 e. The molecule has 6 nitrogen and oxygen atoms in total. The maximum atomic E-state index is 12.4. The quantitative estimate of drug-likeness (QED) is 0.557. The van der Waals surface area contributed by atoms with Crippen molar-refractivity contribution in [2.24, 2.45) is 0 Å². The topological polar surface area (TPSA) is 86.0 Å². The number of aromatic hydroxyl groups is 1. The van der Waals surface area contributed by atoms with Gasteiger partial charge in [-0.2, -0.15) is 0 Å². The van der Waals surface area contributed by atoms with Crippen molar-refractivity contribution in [3.8, 4) is 11.5 Å². The Morgan fingerprint density at radius 3 is 2.58 bits per heavy atom. The van der Waals surface area contributed by atoms with Gasteiger partial charge in [-0.25, -0.2) is 9.59 Å². The van der Waals surface area contributed by atoms with E-state index in [1.165, 1.54) is 6.07 Å². The lowest BCUT2D eigenvalue weighted by Gasteiger charge is -2.14. The molecule has 2 aromatic carbocycles. The van der Waals surface area contributed by atoms with E-state index in [2.05, 4.69) is 0 Å². The van der Waals surface area contributed by atoms with Crippen molar-refractivity contribution < 1.29 is 23.8 Å². The highest BCUT2D eigenvalue weighted by Gasteiger charge is 2.25. The van der Waals surface area contributed by atoms with E-state index in [9.17, 15) is 14.7 Å². The molecule has 0 radical (unpaired) electrons. The van der Waals surface area contributed by atoms with Crippen molar-refractivity contribution in [2.45, 2.75) is 20.5 Å². The molecule has 0 atom stereocenters. The van der Waals surface area contributed by atoms with Gasteiger partial charge in [0.05, 0.1) is 12.0 Å². The number of carbonyl (C=O) groups is 1. The van der Waals surface area contributed by atoms with Crippen LogP contribution in [0.25, 0.3) is 11.0 Å². The van der Waals surface area contributed by atoms with Crippen LogP contribution in [-0.2, 0) is 11.3 Å². The van der Waals surface area contributed by atoms with Gasteiger partial charge < -0.3 is 19.0 Å². The summed E-state index contributed by atoms with van der Waals surface area (Å²) in [7, 11) is 0. The van der Waals surface area contributed by atoms with Crippen molar-refractivity contribution in [2.75, 3.05) is 6.61 Å². The van der Waals surface area contributed by atoms with Gasteiger partial charge in [0.15, 0.2) is 11.3 Å². The summed E-state index contributed by atoms with van der Waals surface area (Å²) in [6.45, 7) is 3.54. The first-order valence-electron chi connectivity index (χ1n) is 8.16. The van der Waals surface area contributed by atoms with Gasteiger partial charge in [0.2, 0.25) is 0 Å². The highest BCUT2D eigenvalue weighted by atomic mass is 16.5. The van der Waals surface area contributed by atoms with Gasteiger partial charge in [0, 0.05) is 5.56 Å². The molecular weight excluding hydrogens is 336 g/mol. The third-order valence-electron chi connectivity index (χ3n) is 3.95. The molecule has 3 rings (SSSR count). The molecule has 0 fully saturated rings. The van der Waals surface area contributed by atoms with Crippen LogP contribution in [-0.4, -0.2) is 17.7 Å². The number of hydrogen-bond donors (Lipinski definition) is 1. The Bertz CT molecular complexity index is 1000. The molecule has 0 bridgehead atoms. The molecule has 1 heterocycles. The number of esters is 1. The first kappa shape index (κ1) is 17.5. The van der Waals surface area contributed by atoms with E-state index in [1.54, 1.807) is 19.9 Å². The fourth-order valence-electron chi connectivity index (χ4n) is 2.62. The second kappa shape index (κ2) is 7.31. The van der Waals surface area contributed by atoms with Gasteiger partial charge in [-0.05, 0) is 31.5 Å². The molecule has 6 heteroatoms. The predicted molar refractivity (Wildman–Crippen MR) is 95.6 cm³/mol. The lowest BCUT2D eigenvalue weighted by Crippen LogP contribution is -2.19. The average Bonchev–Trinajstić information content (AvgIpc) is 2.64. The number of phenolic OH excluding ortho intramolecular Hbond substituents is 1. The van der Waals surface area contributed by atoms with Gasteiger partial charge in [-0.15, -0.1) is 0 Å². The minimum atomic E-state index is -0.868. The Labute approximate surface area is 149 Å². The van der Waals surface area contributed by atoms with Gasteiger partial charge in [-0.1, -0.05) is 30.3 Å². The summed E-state index contributed by atoms with van der Waals surface area (Å²) < 4.78 is 16.1. The highest BCUT2D eigenvalue weighted by molar-refractivity contribution is 5.99. The van der Waals surface area contributed by atoms with Crippen LogP contribution in [0.1, 0.15) is 28.4 Å². The number of phenols is 1. The maximum absolute atomic E-state index is 12.4. The van der Waals surface area contributed by atoms with E-state index in [-0.39, 0.29) is 35.9 Å². The van der Waals surface area contributed by atoms with Crippen LogP contribution < -0.4 is 10.4 Å². The summed E-state index contributed by atoms with van der Waals surface area (Å²) in [6, 6.07) is 12.4. The molecule has 0 spiro atoms. The minimum absolute atomic E-state index is 0.0152. The van der Waals surface area contributed by atoms with E-state index >= 15 is 0 Å². The fourth-order valence-corrected chi connectivity index (χ4v) is 2.62. The first-order chi connectivity index (χ1) is 12.5. The van der Waals surface area contributed by atoms with Crippen LogP contribution in [0.4, 0.5) is 0 Å². The van der Waals surface area contributed by atoms with E-state index in [1.807, 2.05) is 30.3 Å². The molecule has 1 N–H and O–H groups in total. The van der Waals surface area contributed by atoms with Crippen LogP contribution >= 0.6 is 0 Å².